The van der Waals surface area contributed by atoms with Gasteiger partial charge in [-0.3, -0.25) is 9.69 Å². The molecule has 4 heteroatoms. The molecule has 0 saturated carbocycles. The average molecular weight is 165 g/mol. The van der Waals surface area contributed by atoms with Crippen molar-refractivity contribution in [3.8, 4) is 0 Å². The minimum atomic E-state index is 0.0375. The van der Waals surface area contributed by atoms with Gasteiger partial charge in [0, 0.05) is 19.7 Å². The minimum Gasteiger partial charge on any atom is -0.298 e. The number of anilines is 1. The molecule has 0 atom stereocenters. The lowest BCUT2D eigenvalue weighted by Gasteiger charge is -2.13. The van der Waals surface area contributed by atoms with E-state index in [0.717, 1.165) is 0 Å². The molecule has 0 unspecified atom stereocenters. The summed E-state index contributed by atoms with van der Waals surface area (Å²) in [5.41, 5.74) is 0. The van der Waals surface area contributed by atoms with Crippen LogP contribution < -0.4 is 4.90 Å². The Labute approximate surface area is 71.2 Å². The van der Waals surface area contributed by atoms with E-state index in [9.17, 15) is 4.79 Å². The number of aromatic nitrogens is 2. The lowest BCUT2D eigenvalue weighted by Crippen LogP contribution is -2.26. The van der Waals surface area contributed by atoms with Gasteiger partial charge in [-0.15, -0.1) is 5.10 Å². The van der Waals surface area contributed by atoms with E-state index in [1.54, 1.807) is 25.4 Å². The van der Waals surface area contributed by atoms with Crippen molar-refractivity contribution in [1.29, 1.82) is 0 Å². The summed E-state index contributed by atoms with van der Waals surface area (Å²) in [6.45, 7) is 1.81. The first-order chi connectivity index (χ1) is 5.75. The molecular formula is C8H11N3O. The molecule has 0 fully saturated rings. The van der Waals surface area contributed by atoms with Crippen LogP contribution in [0.1, 0.15) is 13.3 Å². The van der Waals surface area contributed by atoms with Gasteiger partial charge in [0.25, 0.3) is 0 Å². The molecule has 64 valence electrons. The molecule has 1 rings (SSSR count). The third kappa shape index (κ3) is 1.78. The van der Waals surface area contributed by atoms with Crippen LogP contribution in [0.4, 0.5) is 5.82 Å². The Bertz CT molecular complexity index is 260. The van der Waals surface area contributed by atoms with Crippen molar-refractivity contribution in [3.05, 3.63) is 18.3 Å². The summed E-state index contributed by atoms with van der Waals surface area (Å²) in [7, 11) is 1.69. The van der Waals surface area contributed by atoms with Gasteiger partial charge in [-0.1, -0.05) is 6.92 Å². The van der Waals surface area contributed by atoms with Gasteiger partial charge in [-0.05, 0) is 12.1 Å². The molecular weight excluding hydrogens is 154 g/mol. The topological polar surface area (TPSA) is 46.1 Å². The summed E-state index contributed by atoms with van der Waals surface area (Å²) in [5, 5.41) is 7.48. The number of hydrogen-bond acceptors (Lipinski definition) is 3. The van der Waals surface area contributed by atoms with E-state index in [-0.39, 0.29) is 5.91 Å². The van der Waals surface area contributed by atoms with E-state index in [1.807, 2.05) is 6.92 Å². The van der Waals surface area contributed by atoms with Crippen molar-refractivity contribution in [3.63, 3.8) is 0 Å². The average Bonchev–Trinajstić information content (AvgIpc) is 2.17. The Balaban J connectivity index is 2.78. The molecule has 1 aromatic heterocycles. The molecule has 0 radical (unpaired) electrons. The molecule has 0 aliphatic carbocycles. The lowest BCUT2D eigenvalue weighted by atomic mass is 10.4. The maximum Gasteiger partial charge on any atom is 0.227 e. The number of carbonyl (C=O) groups excluding carboxylic acids is 1. The fraction of sp³-hybridized carbons (Fsp3) is 0.375. The zero-order chi connectivity index (χ0) is 8.97. The van der Waals surface area contributed by atoms with Crippen LogP contribution in [0.15, 0.2) is 18.3 Å². The van der Waals surface area contributed by atoms with Gasteiger partial charge >= 0.3 is 0 Å². The monoisotopic (exact) mass is 165 g/mol. The summed E-state index contributed by atoms with van der Waals surface area (Å²) in [6.07, 6.45) is 2.06. The van der Waals surface area contributed by atoms with E-state index in [1.165, 1.54) is 4.90 Å². The molecule has 0 N–H and O–H groups in total. The van der Waals surface area contributed by atoms with Crippen molar-refractivity contribution in [1.82, 2.24) is 10.2 Å². The second-order valence-corrected chi connectivity index (χ2v) is 2.39. The van der Waals surface area contributed by atoms with Gasteiger partial charge in [-0.2, -0.15) is 5.10 Å². The normalized spacial score (nSPS) is 9.50. The largest absolute Gasteiger partial charge is 0.298 e. The van der Waals surface area contributed by atoms with Crippen molar-refractivity contribution >= 4 is 11.7 Å². The highest BCUT2D eigenvalue weighted by Crippen LogP contribution is 2.05. The van der Waals surface area contributed by atoms with Crippen LogP contribution in [-0.2, 0) is 4.79 Å². The van der Waals surface area contributed by atoms with Crippen LogP contribution in [0.5, 0.6) is 0 Å². The smallest absolute Gasteiger partial charge is 0.227 e. The Morgan fingerprint density at radius 3 is 2.92 bits per heavy atom. The van der Waals surface area contributed by atoms with Crippen molar-refractivity contribution < 1.29 is 4.79 Å². The van der Waals surface area contributed by atoms with E-state index >= 15 is 0 Å². The van der Waals surface area contributed by atoms with E-state index < -0.39 is 0 Å². The van der Waals surface area contributed by atoms with Gasteiger partial charge < -0.3 is 0 Å². The Morgan fingerprint density at radius 2 is 2.42 bits per heavy atom. The van der Waals surface area contributed by atoms with Gasteiger partial charge in [0.1, 0.15) is 0 Å². The fourth-order valence-corrected chi connectivity index (χ4v) is 0.837. The first-order valence-corrected chi connectivity index (χ1v) is 3.80. The third-order valence-corrected chi connectivity index (χ3v) is 1.58. The third-order valence-electron chi connectivity index (χ3n) is 1.58. The number of amides is 1. The van der Waals surface area contributed by atoms with E-state index in [2.05, 4.69) is 10.2 Å². The molecule has 0 aliphatic heterocycles. The standard InChI is InChI=1S/C8H11N3O/c1-3-8(12)11(2)7-5-4-6-9-10-7/h4-6H,3H2,1-2H3. The zero-order valence-corrected chi connectivity index (χ0v) is 7.19. The van der Waals surface area contributed by atoms with Gasteiger partial charge in [0.2, 0.25) is 5.91 Å². The Kier molecular flexibility index (Phi) is 2.74. The molecule has 0 saturated heterocycles. The predicted molar refractivity (Wildman–Crippen MR) is 45.7 cm³/mol. The van der Waals surface area contributed by atoms with Crippen LogP contribution in [0.3, 0.4) is 0 Å². The molecule has 0 aromatic carbocycles. The number of nitrogens with zero attached hydrogens (tertiary/aromatic N) is 3. The zero-order valence-electron chi connectivity index (χ0n) is 7.19. The van der Waals surface area contributed by atoms with Crippen LogP contribution in [0, 0.1) is 0 Å². The second kappa shape index (κ2) is 3.80. The van der Waals surface area contributed by atoms with Crippen molar-refractivity contribution in [2.75, 3.05) is 11.9 Å². The number of carbonyl (C=O) groups is 1. The second-order valence-electron chi connectivity index (χ2n) is 2.39. The van der Waals surface area contributed by atoms with Gasteiger partial charge in [0.05, 0.1) is 0 Å². The number of rotatable bonds is 2. The highest BCUT2D eigenvalue weighted by Gasteiger charge is 2.08. The minimum absolute atomic E-state index is 0.0375. The first-order valence-electron chi connectivity index (χ1n) is 3.80. The first kappa shape index (κ1) is 8.64. The summed E-state index contributed by atoms with van der Waals surface area (Å²) in [6, 6.07) is 3.50. The van der Waals surface area contributed by atoms with Gasteiger partial charge in [0.15, 0.2) is 5.82 Å². The van der Waals surface area contributed by atoms with Crippen LogP contribution in [0.2, 0.25) is 0 Å². The number of hydrogen-bond donors (Lipinski definition) is 0. The van der Waals surface area contributed by atoms with Crippen LogP contribution >= 0.6 is 0 Å². The predicted octanol–water partition coefficient (Wildman–Crippen LogP) is 0.849. The summed E-state index contributed by atoms with van der Waals surface area (Å²) in [5.74, 6) is 0.625. The molecule has 1 aromatic rings. The maximum absolute atomic E-state index is 11.2. The van der Waals surface area contributed by atoms with E-state index in [0.29, 0.717) is 12.2 Å². The molecule has 0 spiro atoms. The summed E-state index contributed by atoms with van der Waals surface area (Å²) in [4.78, 5) is 12.7. The van der Waals surface area contributed by atoms with Crippen molar-refractivity contribution in [2.24, 2.45) is 0 Å². The summed E-state index contributed by atoms with van der Waals surface area (Å²) < 4.78 is 0. The molecule has 1 amide bonds. The molecule has 0 bridgehead atoms. The maximum atomic E-state index is 11.2. The Hall–Kier alpha value is -1.45. The molecule has 1 heterocycles. The SMILES string of the molecule is CCC(=O)N(C)c1cccnn1. The summed E-state index contributed by atoms with van der Waals surface area (Å²) >= 11 is 0. The molecule has 12 heavy (non-hydrogen) atoms. The van der Waals surface area contributed by atoms with Crippen LogP contribution in [-0.4, -0.2) is 23.2 Å². The molecule has 4 nitrogen and oxygen atoms in total. The quantitative estimate of drug-likeness (QED) is 0.652. The lowest BCUT2D eigenvalue weighted by molar-refractivity contribution is -0.118. The van der Waals surface area contributed by atoms with Crippen LogP contribution in [0.25, 0.3) is 0 Å². The molecule has 0 aliphatic rings. The van der Waals surface area contributed by atoms with Gasteiger partial charge in [-0.25, -0.2) is 0 Å². The highest BCUT2D eigenvalue weighted by molar-refractivity contribution is 5.91. The van der Waals surface area contributed by atoms with Crippen molar-refractivity contribution in [2.45, 2.75) is 13.3 Å². The highest BCUT2D eigenvalue weighted by atomic mass is 16.2. The Morgan fingerprint density at radius 1 is 1.67 bits per heavy atom. The fourth-order valence-electron chi connectivity index (χ4n) is 0.837. The van der Waals surface area contributed by atoms with E-state index in [4.69, 9.17) is 0 Å².